The van der Waals surface area contributed by atoms with Crippen LogP contribution in [0.15, 0.2) is 53.6 Å². The molecule has 0 radical (unpaired) electrons. The fourth-order valence-electron chi connectivity index (χ4n) is 2.35. The summed E-state index contributed by atoms with van der Waals surface area (Å²) in [7, 11) is -3.49. The van der Waals surface area contributed by atoms with E-state index in [0.717, 1.165) is 12.8 Å². The Morgan fingerprint density at radius 1 is 1.00 bits per heavy atom. The summed E-state index contributed by atoms with van der Waals surface area (Å²) in [6.45, 7) is 2.39. The number of sulfonamides is 1. The molecule has 0 saturated heterocycles. The quantitative estimate of drug-likeness (QED) is 0.713. The van der Waals surface area contributed by atoms with Crippen LogP contribution < -0.4 is 4.72 Å². The van der Waals surface area contributed by atoms with Crippen molar-refractivity contribution < 1.29 is 8.42 Å². The van der Waals surface area contributed by atoms with Crippen LogP contribution in [-0.2, 0) is 23.0 Å². The van der Waals surface area contributed by atoms with Crippen LogP contribution in [0.3, 0.4) is 0 Å². The van der Waals surface area contributed by atoms with Crippen LogP contribution >= 0.6 is 0 Å². The molecule has 5 heteroatoms. The molecule has 0 atom stereocenters. The number of unbranched alkanes of at least 4 members (excludes halogenated alkanes) is 3. The number of aromatic nitrogens is 1. The van der Waals surface area contributed by atoms with Gasteiger partial charge in [0.15, 0.2) is 0 Å². The molecular formula is C18H24N2O2S. The van der Waals surface area contributed by atoms with Gasteiger partial charge in [-0.3, -0.25) is 4.98 Å². The predicted molar refractivity (Wildman–Crippen MR) is 92.6 cm³/mol. The Labute approximate surface area is 139 Å². The monoisotopic (exact) mass is 332 g/mol. The molecule has 124 valence electrons. The lowest BCUT2D eigenvalue weighted by molar-refractivity contribution is 0.580. The lowest BCUT2D eigenvalue weighted by Gasteiger charge is -2.07. The van der Waals surface area contributed by atoms with Gasteiger partial charge in [-0.1, -0.05) is 44.4 Å². The number of benzene rings is 1. The van der Waals surface area contributed by atoms with E-state index in [4.69, 9.17) is 0 Å². The van der Waals surface area contributed by atoms with Crippen molar-refractivity contribution >= 4 is 10.0 Å². The number of hydrogen-bond donors (Lipinski definition) is 1. The molecule has 2 aromatic rings. The summed E-state index contributed by atoms with van der Waals surface area (Å²) in [6.07, 6.45) is 7.50. The highest BCUT2D eigenvalue weighted by Gasteiger charge is 2.13. The molecule has 0 saturated carbocycles. The van der Waals surface area contributed by atoms with Crippen molar-refractivity contribution in [1.82, 2.24) is 9.71 Å². The highest BCUT2D eigenvalue weighted by atomic mass is 32.2. The Bertz CT molecular complexity index is 683. The van der Waals surface area contributed by atoms with Crippen LogP contribution in [0.2, 0.25) is 0 Å². The third kappa shape index (κ3) is 5.77. The van der Waals surface area contributed by atoms with Crippen molar-refractivity contribution in [2.24, 2.45) is 0 Å². The van der Waals surface area contributed by atoms with E-state index < -0.39 is 10.0 Å². The zero-order valence-electron chi connectivity index (χ0n) is 13.5. The van der Waals surface area contributed by atoms with E-state index in [1.165, 1.54) is 24.8 Å². The molecule has 23 heavy (non-hydrogen) atoms. The summed E-state index contributed by atoms with van der Waals surface area (Å²) in [5.74, 6) is 0. The summed E-state index contributed by atoms with van der Waals surface area (Å²) < 4.78 is 27.1. The second kappa shape index (κ2) is 8.79. The Hall–Kier alpha value is -1.72. The van der Waals surface area contributed by atoms with Crippen molar-refractivity contribution in [2.75, 3.05) is 0 Å². The molecule has 1 aromatic carbocycles. The summed E-state index contributed by atoms with van der Waals surface area (Å²) in [5, 5.41) is 0. The number of pyridine rings is 1. The lowest BCUT2D eigenvalue weighted by atomic mass is 10.1. The summed E-state index contributed by atoms with van der Waals surface area (Å²) in [4.78, 5) is 4.41. The standard InChI is InChI=1S/C18H24N2O2S/c1-2-3-4-5-8-16-10-12-18(13-11-16)23(21,22)20-15-17-9-6-7-14-19-17/h6-7,9-14,20H,2-5,8,15H2,1H3. The molecular weight excluding hydrogens is 308 g/mol. The second-order valence-electron chi connectivity index (χ2n) is 5.60. The molecule has 4 nitrogen and oxygen atoms in total. The number of nitrogens with zero attached hydrogens (tertiary/aromatic N) is 1. The van der Waals surface area contributed by atoms with Crippen molar-refractivity contribution in [1.29, 1.82) is 0 Å². The maximum Gasteiger partial charge on any atom is 0.240 e. The number of hydrogen-bond acceptors (Lipinski definition) is 3. The SMILES string of the molecule is CCCCCCc1ccc(S(=O)(=O)NCc2ccccn2)cc1. The Kier molecular flexibility index (Phi) is 6.74. The first-order valence-electron chi connectivity index (χ1n) is 8.10. The van der Waals surface area contributed by atoms with Gasteiger partial charge < -0.3 is 0 Å². The van der Waals surface area contributed by atoms with E-state index in [9.17, 15) is 8.42 Å². The van der Waals surface area contributed by atoms with Crippen LogP contribution in [0.5, 0.6) is 0 Å². The Morgan fingerprint density at radius 2 is 1.78 bits per heavy atom. The molecule has 1 heterocycles. The van der Waals surface area contributed by atoms with E-state index >= 15 is 0 Å². The second-order valence-corrected chi connectivity index (χ2v) is 7.37. The zero-order valence-corrected chi connectivity index (χ0v) is 14.3. The smallest absolute Gasteiger partial charge is 0.240 e. The molecule has 0 fully saturated rings. The van der Waals surface area contributed by atoms with Gasteiger partial charge in [0.1, 0.15) is 0 Å². The van der Waals surface area contributed by atoms with Crippen LogP contribution in [0.25, 0.3) is 0 Å². The van der Waals surface area contributed by atoms with Gasteiger partial charge in [0.2, 0.25) is 10.0 Å². The van der Waals surface area contributed by atoms with Gasteiger partial charge in [-0.25, -0.2) is 13.1 Å². The average Bonchev–Trinajstić information content (AvgIpc) is 2.58. The minimum absolute atomic E-state index is 0.196. The molecule has 0 unspecified atom stereocenters. The van der Waals surface area contributed by atoms with Gasteiger partial charge in [0.05, 0.1) is 17.1 Å². The van der Waals surface area contributed by atoms with Gasteiger partial charge in [-0.05, 0) is 42.7 Å². The summed E-state index contributed by atoms with van der Waals surface area (Å²) >= 11 is 0. The molecule has 0 spiro atoms. The van der Waals surface area contributed by atoms with Gasteiger partial charge in [0.25, 0.3) is 0 Å². The van der Waals surface area contributed by atoms with Crippen LogP contribution in [0.1, 0.15) is 43.9 Å². The first-order chi connectivity index (χ1) is 11.1. The van der Waals surface area contributed by atoms with E-state index in [1.807, 2.05) is 18.2 Å². The number of aryl methyl sites for hydroxylation is 1. The van der Waals surface area contributed by atoms with Crippen LogP contribution in [-0.4, -0.2) is 13.4 Å². The topological polar surface area (TPSA) is 59.1 Å². The third-order valence-corrected chi connectivity index (χ3v) is 5.14. The fraction of sp³-hybridized carbons (Fsp3) is 0.389. The third-order valence-electron chi connectivity index (χ3n) is 3.72. The summed E-state index contributed by atoms with van der Waals surface area (Å²) in [6, 6.07) is 12.6. The van der Waals surface area contributed by atoms with Crippen molar-refractivity contribution in [2.45, 2.75) is 50.5 Å². The first kappa shape index (κ1) is 17.6. The van der Waals surface area contributed by atoms with E-state index in [-0.39, 0.29) is 6.54 Å². The zero-order chi connectivity index (χ0) is 16.5. The Balaban J connectivity index is 1.92. The van der Waals surface area contributed by atoms with Crippen molar-refractivity contribution in [3.05, 3.63) is 59.9 Å². The first-order valence-corrected chi connectivity index (χ1v) is 9.58. The largest absolute Gasteiger partial charge is 0.260 e. The maximum absolute atomic E-state index is 12.3. The maximum atomic E-state index is 12.3. The molecule has 0 amide bonds. The molecule has 2 rings (SSSR count). The van der Waals surface area contributed by atoms with E-state index in [1.54, 1.807) is 30.5 Å². The molecule has 0 aliphatic carbocycles. The van der Waals surface area contributed by atoms with Crippen molar-refractivity contribution in [3.8, 4) is 0 Å². The van der Waals surface area contributed by atoms with Gasteiger partial charge in [-0.15, -0.1) is 0 Å². The fourth-order valence-corrected chi connectivity index (χ4v) is 3.35. The van der Waals surface area contributed by atoms with E-state index in [2.05, 4.69) is 16.6 Å². The highest BCUT2D eigenvalue weighted by Crippen LogP contribution is 2.13. The molecule has 0 bridgehead atoms. The van der Waals surface area contributed by atoms with Gasteiger partial charge in [-0.2, -0.15) is 0 Å². The van der Waals surface area contributed by atoms with E-state index in [0.29, 0.717) is 10.6 Å². The number of nitrogens with one attached hydrogen (secondary N) is 1. The molecule has 0 aliphatic rings. The van der Waals surface area contributed by atoms with Crippen LogP contribution in [0.4, 0.5) is 0 Å². The normalized spacial score (nSPS) is 11.5. The molecule has 1 aromatic heterocycles. The summed E-state index contributed by atoms with van der Waals surface area (Å²) in [5.41, 5.74) is 1.88. The van der Waals surface area contributed by atoms with Crippen LogP contribution in [0, 0.1) is 0 Å². The number of rotatable bonds is 9. The minimum atomic E-state index is -3.49. The minimum Gasteiger partial charge on any atom is -0.260 e. The predicted octanol–water partition coefficient (Wildman–Crippen LogP) is 3.68. The van der Waals surface area contributed by atoms with Gasteiger partial charge >= 0.3 is 0 Å². The van der Waals surface area contributed by atoms with Gasteiger partial charge in [0, 0.05) is 6.20 Å². The molecule has 0 aliphatic heterocycles. The average molecular weight is 332 g/mol. The Morgan fingerprint density at radius 3 is 2.43 bits per heavy atom. The lowest BCUT2D eigenvalue weighted by Crippen LogP contribution is -2.23. The highest BCUT2D eigenvalue weighted by molar-refractivity contribution is 7.89. The molecule has 1 N–H and O–H groups in total. The van der Waals surface area contributed by atoms with Crippen molar-refractivity contribution in [3.63, 3.8) is 0 Å².